The monoisotopic (exact) mass is 524 g/mol. The molecule has 2 saturated heterocycles. The number of nitrogens with zero attached hydrogens (tertiary/aromatic N) is 2. The number of benzene rings is 3. The normalized spacial score (nSPS) is 21.7. The van der Waals surface area contributed by atoms with Crippen LogP contribution < -0.4 is 15.4 Å². The van der Waals surface area contributed by atoms with Gasteiger partial charge in [0.2, 0.25) is 5.95 Å². The lowest BCUT2D eigenvalue weighted by Gasteiger charge is -2.18. The Balaban J connectivity index is 1.07. The molecule has 0 saturated carbocycles. The fourth-order valence-electron chi connectivity index (χ4n) is 4.89. The summed E-state index contributed by atoms with van der Waals surface area (Å²) in [6.07, 6.45) is -0.0492. The van der Waals surface area contributed by atoms with Crippen molar-refractivity contribution < 1.29 is 23.7 Å². The molecular weight excluding hydrogens is 496 g/mol. The molecule has 4 unspecified atom stereocenters. The second kappa shape index (κ2) is 11.1. The van der Waals surface area contributed by atoms with Crippen LogP contribution >= 0.6 is 0 Å². The highest BCUT2D eigenvalue weighted by Gasteiger charge is 2.49. The molecule has 0 bridgehead atoms. The van der Waals surface area contributed by atoms with Crippen molar-refractivity contribution in [2.24, 2.45) is 0 Å². The fraction of sp³-hybridized carbons (Fsp3) is 0.233. The summed E-state index contributed by atoms with van der Waals surface area (Å²) in [5.74, 6) is 1.12. The van der Waals surface area contributed by atoms with Crippen LogP contribution in [0, 0.1) is 0 Å². The number of rotatable bonds is 7. The third kappa shape index (κ3) is 5.55. The molecule has 1 aromatic heterocycles. The molecule has 2 aliphatic heterocycles. The Kier molecular flexibility index (Phi) is 7.07. The highest BCUT2D eigenvalue weighted by molar-refractivity contribution is 5.85. The molecule has 0 radical (unpaired) electrons. The molecule has 39 heavy (non-hydrogen) atoms. The number of aromatic nitrogens is 2. The van der Waals surface area contributed by atoms with E-state index in [-0.39, 0.29) is 24.9 Å². The zero-order valence-corrected chi connectivity index (χ0v) is 21.3. The van der Waals surface area contributed by atoms with Gasteiger partial charge in [0.25, 0.3) is 0 Å². The summed E-state index contributed by atoms with van der Waals surface area (Å²) in [5, 5.41) is 6.06. The summed E-state index contributed by atoms with van der Waals surface area (Å²) in [5.41, 5.74) is 4.70. The fourth-order valence-corrected chi connectivity index (χ4v) is 4.89. The van der Waals surface area contributed by atoms with Gasteiger partial charge in [-0.25, -0.2) is 14.8 Å². The lowest BCUT2D eigenvalue weighted by atomic mass is 10.0. The van der Waals surface area contributed by atoms with Crippen LogP contribution in [0.1, 0.15) is 0 Å². The topological polar surface area (TPSA) is 104 Å². The zero-order chi connectivity index (χ0) is 26.6. The van der Waals surface area contributed by atoms with Crippen LogP contribution in [0.15, 0.2) is 91.1 Å². The second-order valence-corrected chi connectivity index (χ2v) is 9.36. The molecule has 0 aliphatic carbocycles. The van der Waals surface area contributed by atoms with Crippen molar-refractivity contribution in [3.63, 3.8) is 0 Å². The van der Waals surface area contributed by atoms with Gasteiger partial charge in [-0.2, -0.15) is 0 Å². The standard InChI is InChI=1S/C30H28N4O5/c1-36-23-9-5-8-22(16-23)32-30(35)39-26-18-38-27-25(17-37-28(26)27)34-29-31-15-14-24(33-29)21-12-10-20(11-13-21)19-6-3-2-4-7-19/h2-16,25-28H,17-18H2,1H3,(H,32,35)(H,31,33,34). The van der Waals surface area contributed by atoms with Crippen LogP contribution in [-0.4, -0.2) is 60.7 Å². The summed E-state index contributed by atoms with van der Waals surface area (Å²) < 4.78 is 22.7. The van der Waals surface area contributed by atoms with Gasteiger partial charge in [-0.3, -0.25) is 5.32 Å². The molecule has 3 aromatic carbocycles. The van der Waals surface area contributed by atoms with Gasteiger partial charge in [0.05, 0.1) is 32.1 Å². The van der Waals surface area contributed by atoms with Crippen molar-refractivity contribution in [1.82, 2.24) is 9.97 Å². The first kappa shape index (κ1) is 24.8. The van der Waals surface area contributed by atoms with E-state index in [1.165, 1.54) is 5.56 Å². The average molecular weight is 525 g/mol. The smallest absolute Gasteiger partial charge is 0.412 e. The van der Waals surface area contributed by atoms with E-state index >= 15 is 0 Å². The molecule has 2 fully saturated rings. The van der Waals surface area contributed by atoms with E-state index in [1.807, 2.05) is 24.3 Å². The number of anilines is 2. The molecule has 2 N–H and O–H groups in total. The summed E-state index contributed by atoms with van der Waals surface area (Å²) >= 11 is 0. The second-order valence-electron chi connectivity index (χ2n) is 9.36. The van der Waals surface area contributed by atoms with Gasteiger partial charge in [-0.1, -0.05) is 60.7 Å². The van der Waals surface area contributed by atoms with Crippen LogP contribution in [0.3, 0.4) is 0 Å². The van der Waals surface area contributed by atoms with Crippen molar-refractivity contribution in [3.8, 4) is 28.1 Å². The predicted molar refractivity (Wildman–Crippen MR) is 147 cm³/mol. The Morgan fingerprint density at radius 3 is 2.46 bits per heavy atom. The molecule has 0 spiro atoms. The summed E-state index contributed by atoms with van der Waals surface area (Å²) in [6.45, 7) is 0.625. The maximum Gasteiger partial charge on any atom is 0.412 e. The molecule has 4 atom stereocenters. The van der Waals surface area contributed by atoms with Crippen molar-refractivity contribution in [3.05, 3.63) is 91.1 Å². The quantitative estimate of drug-likeness (QED) is 0.348. The third-order valence-electron chi connectivity index (χ3n) is 6.84. The van der Waals surface area contributed by atoms with Crippen LogP contribution in [0.4, 0.5) is 16.4 Å². The lowest BCUT2D eigenvalue weighted by Crippen LogP contribution is -2.38. The van der Waals surface area contributed by atoms with Crippen LogP contribution in [0.25, 0.3) is 22.4 Å². The van der Waals surface area contributed by atoms with E-state index in [2.05, 4.69) is 52.0 Å². The summed E-state index contributed by atoms with van der Waals surface area (Å²) in [4.78, 5) is 21.6. The van der Waals surface area contributed by atoms with E-state index in [1.54, 1.807) is 37.6 Å². The number of carbonyl (C=O) groups is 1. The molecule has 1 amide bonds. The number of hydrogen-bond donors (Lipinski definition) is 2. The van der Waals surface area contributed by atoms with Crippen molar-refractivity contribution >= 4 is 17.7 Å². The minimum absolute atomic E-state index is 0.180. The minimum atomic E-state index is -0.577. The molecular formula is C30H28N4O5. The number of carbonyl (C=O) groups excluding carboxylic acids is 1. The number of nitrogens with one attached hydrogen (secondary N) is 2. The van der Waals surface area contributed by atoms with Gasteiger partial charge in [0.15, 0.2) is 6.10 Å². The lowest BCUT2D eigenvalue weighted by molar-refractivity contribution is 0.00917. The Morgan fingerprint density at radius 2 is 1.64 bits per heavy atom. The van der Waals surface area contributed by atoms with Crippen molar-refractivity contribution in [2.45, 2.75) is 24.4 Å². The van der Waals surface area contributed by atoms with E-state index in [0.717, 1.165) is 16.8 Å². The van der Waals surface area contributed by atoms with Gasteiger partial charge >= 0.3 is 6.09 Å². The first-order valence-electron chi connectivity index (χ1n) is 12.8. The van der Waals surface area contributed by atoms with Crippen LogP contribution in [0.2, 0.25) is 0 Å². The molecule has 2 aliphatic rings. The number of fused-ring (bicyclic) bond motifs is 1. The molecule has 6 rings (SSSR count). The Labute approximate surface area is 226 Å². The largest absolute Gasteiger partial charge is 0.497 e. The molecule has 198 valence electrons. The predicted octanol–water partition coefficient (Wildman–Crippen LogP) is 5.01. The Hall–Kier alpha value is -4.47. The highest BCUT2D eigenvalue weighted by Crippen LogP contribution is 2.31. The maximum absolute atomic E-state index is 12.5. The minimum Gasteiger partial charge on any atom is -0.497 e. The van der Waals surface area contributed by atoms with Gasteiger partial charge in [-0.15, -0.1) is 0 Å². The Morgan fingerprint density at radius 1 is 0.872 bits per heavy atom. The first-order valence-corrected chi connectivity index (χ1v) is 12.8. The number of amides is 1. The summed E-state index contributed by atoms with van der Waals surface area (Å²) in [6, 6.07) is 27.3. The molecule has 4 aromatic rings. The van der Waals surface area contributed by atoms with Gasteiger partial charge in [0.1, 0.15) is 18.0 Å². The number of methoxy groups -OCH3 is 1. The van der Waals surface area contributed by atoms with E-state index in [4.69, 9.17) is 23.9 Å². The molecule has 3 heterocycles. The van der Waals surface area contributed by atoms with Gasteiger partial charge in [0, 0.05) is 23.5 Å². The molecule has 9 nitrogen and oxygen atoms in total. The highest BCUT2D eigenvalue weighted by atomic mass is 16.6. The molecule has 9 heteroatoms. The average Bonchev–Trinajstić information content (AvgIpc) is 3.57. The van der Waals surface area contributed by atoms with E-state index in [0.29, 0.717) is 24.0 Å². The maximum atomic E-state index is 12.5. The first-order chi connectivity index (χ1) is 19.2. The van der Waals surface area contributed by atoms with Crippen LogP contribution in [0.5, 0.6) is 5.75 Å². The van der Waals surface area contributed by atoms with Gasteiger partial charge < -0.3 is 24.3 Å². The van der Waals surface area contributed by atoms with Gasteiger partial charge in [-0.05, 0) is 29.3 Å². The number of ether oxygens (including phenoxy) is 4. The van der Waals surface area contributed by atoms with Crippen molar-refractivity contribution in [2.75, 3.05) is 31.0 Å². The third-order valence-corrected chi connectivity index (χ3v) is 6.84. The van der Waals surface area contributed by atoms with Crippen molar-refractivity contribution in [1.29, 1.82) is 0 Å². The van der Waals surface area contributed by atoms with Crippen LogP contribution in [-0.2, 0) is 14.2 Å². The van der Waals surface area contributed by atoms with E-state index < -0.39 is 12.2 Å². The summed E-state index contributed by atoms with van der Waals surface area (Å²) in [7, 11) is 1.57. The van der Waals surface area contributed by atoms with E-state index in [9.17, 15) is 4.79 Å². The Bertz CT molecular complexity index is 1430. The number of hydrogen-bond acceptors (Lipinski definition) is 8. The zero-order valence-electron chi connectivity index (χ0n) is 21.3. The SMILES string of the molecule is COc1cccc(NC(=O)OC2COC3C(Nc4nccc(-c5ccc(-c6ccccc6)cc5)n4)COC23)c1.